The van der Waals surface area contributed by atoms with Crippen LogP contribution in [-0.4, -0.2) is 54.0 Å². The van der Waals surface area contributed by atoms with Crippen LogP contribution in [0.1, 0.15) is 36.5 Å². The van der Waals surface area contributed by atoms with Crippen molar-refractivity contribution >= 4 is 11.9 Å². The molecule has 0 spiro atoms. The average Bonchev–Trinajstić information content (AvgIpc) is 2.37. The molecule has 0 aromatic carbocycles. The van der Waals surface area contributed by atoms with Gasteiger partial charge in [-0.05, 0) is 40.4 Å². The molecule has 6 nitrogen and oxygen atoms in total. The number of carbonyl (C=O) groups excluding carboxylic acids is 1. The third-order valence-corrected chi connectivity index (χ3v) is 2.92. The number of hydrogen-bond donors (Lipinski definition) is 2. The van der Waals surface area contributed by atoms with E-state index in [1.807, 2.05) is 34.9 Å². The van der Waals surface area contributed by atoms with Gasteiger partial charge >= 0.3 is 0 Å². The van der Waals surface area contributed by atoms with Gasteiger partial charge in [0.25, 0.3) is 5.91 Å². The summed E-state index contributed by atoms with van der Waals surface area (Å²) in [5.41, 5.74) is 1.19. The number of carbonyl (C=O) groups is 1. The number of hydrogen-bond acceptors (Lipinski definition) is 5. The fourth-order valence-electron chi connectivity index (χ4n) is 1.56. The summed E-state index contributed by atoms with van der Waals surface area (Å²) in [5, 5.41) is 6.04. The summed E-state index contributed by atoms with van der Waals surface area (Å²) in [6.07, 6.45) is 0.893. The molecule has 1 aromatic rings. The van der Waals surface area contributed by atoms with Gasteiger partial charge < -0.3 is 15.5 Å². The smallest absolute Gasteiger partial charge is 0.270 e. The Balaban J connectivity index is 2.72. The minimum absolute atomic E-state index is 0.142. The molecule has 1 unspecified atom stereocenters. The molecule has 0 saturated carbocycles. The van der Waals surface area contributed by atoms with Crippen LogP contribution in [0.5, 0.6) is 0 Å². The summed E-state index contributed by atoms with van der Waals surface area (Å²) < 4.78 is 0. The summed E-state index contributed by atoms with van der Waals surface area (Å²) >= 11 is 0. The molecule has 20 heavy (non-hydrogen) atoms. The first-order valence-corrected chi connectivity index (χ1v) is 6.97. The molecule has 2 N–H and O–H groups in total. The van der Waals surface area contributed by atoms with Crippen molar-refractivity contribution in [1.29, 1.82) is 0 Å². The standard InChI is InChI=1S/C14H25N5O/c1-6-10(2)16-13(20)12-9-11(3)17-14(18-12)15-7-8-19(4)5/h9-10H,6-8H2,1-5H3,(H,16,20)(H,15,17,18). The van der Waals surface area contributed by atoms with E-state index in [0.29, 0.717) is 11.6 Å². The predicted molar refractivity (Wildman–Crippen MR) is 81.0 cm³/mol. The van der Waals surface area contributed by atoms with E-state index in [4.69, 9.17) is 0 Å². The molecule has 1 heterocycles. The van der Waals surface area contributed by atoms with E-state index in [1.54, 1.807) is 6.07 Å². The van der Waals surface area contributed by atoms with E-state index in [0.717, 1.165) is 25.2 Å². The van der Waals surface area contributed by atoms with Crippen molar-refractivity contribution in [3.8, 4) is 0 Å². The first-order valence-electron chi connectivity index (χ1n) is 6.97. The van der Waals surface area contributed by atoms with Crippen LogP contribution >= 0.6 is 0 Å². The van der Waals surface area contributed by atoms with Crippen LogP contribution in [0.25, 0.3) is 0 Å². The van der Waals surface area contributed by atoms with Gasteiger partial charge in [-0.15, -0.1) is 0 Å². The zero-order chi connectivity index (χ0) is 15.1. The topological polar surface area (TPSA) is 70.2 Å². The van der Waals surface area contributed by atoms with Crippen molar-refractivity contribution in [2.75, 3.05) is 32.5 Å². The lowest BCUT2D eigenvalue weighted by Crippen LogP contribution is -2.33. The number of nitrogens with zero attached hydrogens (tertiary/aromatic N) is 3. The summed E-state index contributed by atoms with van der Waals surface area (Å²) in [7, 11) is 4.01. The molecular weight excluding hydrogens is 254 g/mol. The third kappa shape index (κ3) is 5.52. The molecule has 0 aliphatic rings. The molecule has 1 aromatic heterocycles. The van der Waals surface area contributed by atoms with Crippen LogP contribution in [0.15, 0.2) is 6.07 Å². The zero-order valence-corrected chi connectivity index (χ0v) is 13.0. The highest BCUT2D eigenvalue weighted by Gasteiger charge is 2.12. The number of aromatic nitrogens is 2. The fourth-order valence-corrected chi connectivity index (χ4v) is 1.56. The van der Waals surface area contributed by atoms with Gasteiger partial charge in [0.05, 0.1) is 0 Å². The van der Waals surface area contributed by atoms with Gasteiger partial charge in [0.1, 0.15) is 5.69 Å². The Bertz CT molecular complexity index is 447. The number of amides is 1. The van der Waals surface area contributed by atoms with E-state index in [9.17, 15) is 4.79 Å². The van der Waals surface area contributed by atoms with Gasteiger partial charge in [0, 0.05) is 24.8 Å². The summed E-state index contributed by atoms with van der Waals surface area (Å²) in [5.74, 6) is 0.349. The van der Waals surface area contributed by atoms with Crippen LogP contribution < -0.4 is 10.6 Å². The highest BCUT2D eigenvalue weighted by Crippen LogP contribution is 2.05. The minimum Gasteiger partial charge on any atom is -0.353 e. The number of rotatable bonds is 7. The number of anilines is 1. The van der Waals surface area contributed by atoms with E-state index in [1.165, 1.54) is 0 Å². The second-order valence-electron chi connectivity index (χ2n) is 5.23. The Kier molecular flexibility index (Phi) is 6.38. The largest absolute Gasteiger partial charge is 0.353 e. The van der Waals surface area contributed by atoms with E-state index < -0.39 is 0 Å². The lowest BCUT2D eigenvalue weighted by Gasteiger charge is -2.13. The zero-order valence-electron chi connectivity index (χ0n) is 13.0. The Hall–Kier alpha value is -1.69. The summed E-state index contributed by atoms with van der Waals surface area (Å²) in [4.78, 5) is 22.7. The molecule has 0 saturated heterocycles. The first-order chi connectivity index (χ1) is 9.42. The molecule has 1 amide bonds. The lowest BCUT2D eigenvalue weighted by atomic mass is 10.2. The Labute approximate surface area is 121 Å². The number of nitrogens with one attached hydrogen (secondary N) is 2. The van der Waals surface area contributed by atoms with E-state index >= 15 is 0 Å². The molecule has 6 heteroatoms. The third-order valence-electron chi connectivity index (χ3n) is 2.92. The maximum atomic E-state index is 12.1. The van der Waals surface area contributed by atoms with Gasteiger partial charge in [-0.3, -0.25) is 4.79 Å². The van der Waals surface area contributed by atoms with Gasteiger partial charge in [-0.1, -0.05) is 6.92 Å². The molecule has 112 valence electrons. The number of aryl methyl sites for hydroxylation is 1. The maximum absolute atomic E-state index is 12.1. The Morgan fingerprint density at radius 2 is 2.10 bits per heavy atom. The van der Waals surface area contributed by atoms with Crippen LogP contribution in [0.3, 0.4) is 0 Å². The predicted octanol–water partition coefficient (Wildman–Crippen LogP) is 1.29. The van der Waals surface area contributed by atoms with Crippen molar-refractivity contribution < 1.29 is 4.79 Å². The molecule has 0 radical (unpaired) electrons. The molecule has 1 atom stereocenters. The van der Waals surface area contributed by atoms with Crippen molar-refractivity contribution in [2.45, 2.75) is 33.2 Å². The molecule has 0 aliphatic carbocycles. The monoisotopic (exact) mass is 279 g/mol. The molecular formula is C14H25N5O. The Morgan fingerprint density at radius 1 is 1.40 bits per heavy atom. The van der Waals surface area contributed by atoms with Crippen LogP contribution in [0, 0.1) is 6.92 Å². The van der Waals surface area contributed by atoms with Crippen LogP contribution in [0.4, 0.5) is 5.95 Å². The first kappa shape index (κ1) is 16.4. The maximum Gasteiger partial charge on any atom is 0.270 e. The number of likely N-dealkylation sites (N-methyl/N-ethyl adjacent to an activating group) is 1. The second-order valence-corrected chi connectivity index (χ2v) is 5.23. The molecule has 0 bridgehead atoms. The highest BCUT2D eigenvalue weighted by molar-refractivity contribution is 5.92. The minimum atomic E-state index is -0.152. The SMILES string of the molecule is CCC(C)NC(=O)c1cc(C)nc(NCCN(C)C)n1. The Morgan fingerprint density at radius 3 is 2.70 bits per heavy atom. The normalized spacial score (nSPS) is 12.3. The van der Waals surface area contributed by atoms with Crippen LogP contribution in [0.2, 0.25) is 0 Å². The molecule has 0 fully saturated rings. The van der Waals surface area contributed by atoms with E-state index in [-0.39, 0.29) is 11.9 Å². The second kappa shape index (κ2) is 7.79. The van der Waals surface area contributed by atoms with Gasteiger partial charge in [-0.25, -0.2) is 9.97 Å². The molecule has 0 aliphatic heterocycles. The van der Waals surface area contributed by atoms with Gasteiger partial charge in [0.15, 0.2) is 0 Å². The van der Waals surface area contributed by atoms with Crippen LogP contribution in [-0.2, 0) is 0 Å². The fraction of sp³-hybridized carbons (Fsp3) is 0.643. The summed E-state index contributed by atoms with van der Waals surface area (Å²) in [6.45, 7) is 7.49. The highest BCUT2D eigenvalue weighted by atomic mass is 16.1. The van der Waals surface area contributed by atoms with E-state index in [2.05, 4.69) is 25.5 Å². The van der Waals surface area contributed by atoms with Crippen molar-refractivity contribution in [2.24, 2.45) is 0 Å². The quantitative estimate of drug-likeness (QED) is 0.787. The van der Waals surface area contributed by atoms with Gasteiger partial charge in [0.2, 0.25) is 5.95 Å². The molecule has 1 rings (SSSR count). The van der Waals surface area contributed by atoms with Gasteiger partial charge in [-0.2, -0.15) is 0 Å². The average molecular weight is 279 g/mol. The lowest BCUT2D eigenvalue weighted by molar-refractivity contribution is 0.0934. The summed E-state index contributed by atoms with van der Waals surface area (Å²) in [6, 6.07) is 1.84. The van der Waals surface area contributed by atoms with Crippen molar-refractivity contribution in [3.63, 3.8) is 0 Å². The van der Waals surface area contributed by atoms with Crippen molar-refractivity contribution in [1.82, 2.24) is 20.2 Å². The van der Waals surface area contributed by atoms with Crippen molar-refractivity contribution in [3.05, 3.63) is 17.5 Å².